The molecule has 116 valence electrons. The lowest BCUT2D eigenvalue weighted by molar-refractivity contribution is -0.284. The number of rotatable bonds is 9. The largest absolute Gasteiger partial charge is 0.453 e. The van der Waals surface area contributed by atoms with Crippen LogP contribution in [0.1, 0.15) is 45.4 Å². The molecule has 0 saturated heterocycles. The number of hydrogen-bond donors (Lipinski definition) is 0. The molecular formula is C11H19F5O2S. The fourth-order valence-corrected chi connectivity index (χ4v) is 2.94. The molecule has 0 saturated carbocycles. The third kappa shape index (κ3) is 7.69. The Bertz CT molecular complexity index is 349. The van der Waals surface area contributed by atoms with E-state index in [1.165, 1.54) is 0 Å². The van der Waals surface area contributed by atoms with E-state index in [1.807, 2.05) is 6.92 Å². The van der Waals surface area contributed by atoms with Crippen LogP contribution >= 0.6 is 0 Å². The summed E-state index contributed by atoms with van der Waals surface area (Å²) in [4.78, 5) is 0. The first-order valence-corrected chi connectivity index (χ1v) is 7.99. The van der Waals surface area contributed by atoms with Crippen molar-refractivity contribution >= 4 is 9.84 Å². The highest BCUT2D eigenvalue weighted by atomic mass is 32.2. The van der Waals surface area contributed by atoms with E-state index < -0.39 is 40.5 Å². The van der Waals surface area contributed by atoms with Crippen molar-refractivity contribution in [1.82, 2.24) is 0 Å². The summed E-state index contributed by atoms with van der Waals surface area (Å²) < 4.78 is 83.4. The maximum atomic E-state index is 12.5. The maximum Gasteiger partial charge on any atom is 0.453 e. The van der Waals surface area contributed by atoms with Gasteiger partial charge in [-0.3, -0.25) is 0 Å². The lowest BCUT2D eigenvalue weighted by Gasteiger charge is -2.19. The number of alkyl halides is 5. The molecule has 2 nitrogen and oxygen atoms in total. The van der Waals surface area contributed by atoms with Gasteiger partial charge in [0.15, 0.2) is 0 Å². The van der Waals surface area contributed by atoms with Gasteiger partial charge in [-0.05, 0) is 12.8 Å². The Balaban J connectivity index is 4.06. The maximum absolute atomic E-state index is 12.5. The topological polar surface area (TPSA) is 34.1 Å². The van der Waals surface area contributed by atoms with E-state index >= 15 is 0 Å². The van der Waals surface area contributed by atoms with Crippen molar-refractivity contribution in [3.8, 4) is 0 Å². The Labute approximate surface area is 110 Å². The molecule has 0 aromatic heterocycles. The molecule has 0 fully saturated rings. The standard InChI is InChI=1S/C11H19F5O2S/c1-2-3-4-5-8-19(17,18)9-6-7-10(12,13)11(14,15)16/h2-9H2,1H3. The first kappa shape index (κ1) is 18.6. The third-order valence-electron chi connectivity index (χ3n) is 2.67. The lowest BCUT2D eigenvalue weighted by atomic mass is 10.2. The van der Waals surface area contributed by atoms with Crippen LogP contribution in [0.4, 0.5) is 22.0 Å². The summed E-state index contributed by atoms with van der Waals surface area (Å²) in [5, 5.41) is 0. The molecule has 0 N–H and O–H groups in total. The highest BCUT2D eigenvalue weighted by Crippen LogP contribution is 2.38. The van der Waals surface area contributed by atoms with Crippen LogP contribution in [0.3, 0.4) is 0 Å². The van der Waals surface area contributed by atoms with Gasteiger partial charge in [0, 0.05) is 6.42 Å². The molecule has 0 aromatic rings. The van der Waals surface area contributed by atoms with Gasteiger partial charge in [-0.15, -0.1) is 0 Å². The van der Waals surface area contributed by atoms with Crippen LogP contribution in [0.5, 0.6) is 0 Å². The molecule has 0 aliphatic carbocycles. The monoisotopic (exact) mass is 310 g/mol. The minimum absolute atomic E-state index is 0.148. The predicted octanol–water partition coefficient (Wildman–Crippen LogP) is 3.96. The Kier molecular flexibility index (Phi) is 7.24. The van der Waals surface area contributed by atoms with Crippen molar-refractivity contribution in [1.29, 1.82) is 0 Å². The van der Waals surface area contributed by atoms with Crippen molar-refractivity contribution in [3.63, 3.8) is 0 Å². The molecule has 0 aliphatic heterocycles. The summed E-state index contributed by atoms with van der Waals surface area (Å²) >= 11 is 0. The van der Waals surface area contributed by atoms with E-state index in [2.05, 4.69) is 0 Å². The fourth-order valence-electron chi connectivity index (χ4n) is 1.51. The second kappa shape index (κ2) is 7.40. The van der Waals surface area contributed by atoms with Gasteiger partial charge < -0.3 is 0 Å². The lowest BCUT2D eigenvalue weighted by Crippen LogP contribution is -2.36. The molecule has 0 bridgehead atoms. The van der Waals surface area contributed by atoms with E-state index in [0.717, 1.165) is 12.8 Å². The second-order valence-corrected chi connectivity index (χ2v) is 6.82. The first-order valence-electron chi connectivity index (χ1n) is 6.17. The highest BCUT2D eigenvalue weighted by Gasteiger charge is 2.56. The van der Waals surface area contributed by atoms with Gasteiger partial charge in [-0.2, -0.15) is 22.0 Å². The van der Waals surface area contributed by atoms with Crippen LogP contribution in [0.15, 0.2) is 0 Å². The van der Waals surface area contributed by atoms with Gasteiger partial charge in [-0.1, -0.05) is 26.2 Å². The summed E-state index contributed by atoms with van der Waals surface area (Å²) in [5.41, 5.74) is 0. The molecular weight excluding hydrogens is 291 g/mol. The molecule has 0 amide bonds. The SMILES string of the molecule is CCCCCCS(=O)(=O)CCCC(F)(F)C(F)(F)F. The molecule has 0 heterocycles. The summed E-state index contributed by atoms with van der Waals surface area (Å²) in [5.74, 6) is -5.58. The summed E-state index contributed by atoms with van der Waals surface area (Å²) in [6, 6.07) is 0. The van der Waals surface area contributed by atoms with E-state index in [-0.39, 0.29) is 5.75 Å². The van der Waals surface area contributed by atoms with Crippen LogP contribution in [-0.2, 0) is 9.84 Å². The molecule has 0 spiro atoms. The Morgan fingerprint density at radius 3 is 1.84 bits per heavy atom. The minimum atomic E-state index is -5.61. The second-order valence-electron chi connectivity index (χ2n) is 4.52. The van der Waals surface area contributed by atoms with Crippen LogP contribution in [0.25, 0.3) is 0 Å². The molecule has 0 aromatic carbocycles. The molecule has 0 rings (SSSR count). The number of sulfone groups is 1. The Hall–Kier alpha value is -0.400. The van der Waals surface area contributed by atoms with Crippen molar-refractivity contribution in [2.45, 2.75) is 57.5 Å². The average molecular weight is 310 g/mol. The zero-order chi connectivity index (χ0) is 15.2. The van der Waals surface area contributed by atoms with Gasteiger partial charge in [0.2, 0.25) is 0 Å². The smallest absolute Gasteiger partial charge is 0.229 e. The van der Waals surface area contributed by atoms with Crippen LogP contribution < -0.4 is 0 Å². The molecule has 0 unspecified atom stereocenters. The number of unbranched alkanes of at least 4 members (excludes halogenated alkanes) is 3. The third-order valence-corrected chi connectivity index (χ3v) is 4.49. The van der Waals surface area contributed by atoms with Crippen LogP contribution in [-0.4, -0.2) is 32.0 Å². The van der Waals surface area contributed by atoms with Crippen molar-refractivity contribution in [2.75, 3.05) is 11.5 Å². The molecule has 0 radical (unpaired) electrons. The minimum Gasteiger partial charge on any atom is -0.229 e. The van der Waals surface area contributed by atoms with Crippen molar-refractivity contribution < 1.29 is 30.4 Å². The van der Waals surface area contributed by atoms with Gasteiger partial charge in [0.1, 0.15) is 9.84 Å². The average Bonchev–Trinajstić information content (AvgIpc) is 2.22. The summed E-state index contributed by atoms with van der Waals surface area (Å²) in [6.07, 6.45) is -4.83. The number of hydrogen-bond acceptors (Lipinski definition) is 2. The predicted molar refractivity (Wildman–Crippen MR) is 63.0 cm³/mol. The van der Waals surface area contributed by atoms with Crippen molar-refractivity contribution in [2.24, 2.45) is 0 Å². The van der Waals surface area contributed by atoms with E-state index in [0.29, 0.717) is 12.8 Å². The van der Waals surface area contributed by atoms with E-state index in [4.69, 9.17) is 0 Å². The van der Waals surface area contributed by atoms with E-state index in [9.17, 15) is 30.4 Å². The highest BCUT2D eigenvalue weighted by molar-refractivity contribution is 7.91. The fraction of sp³-hybridized carbons (Fsp3) is 1.00. The molecule has 19 heavy (non-hydrogen) atoms. The van der Waals surface area contributed by atoms with Crippen LogP contribution in [0, 0.1) is 0 Å². The zero-order valence-corrected chi connectivity index (χ0v) is 11.6. The first-order chi connectivity index (χ1) is 8.52. The zero-order valence-electron chi connectivity index (χ0n) is 10.8. The number of halogens is 5. The molecule has 0 aliphatic rings. The normalized spacial score (nSPS) is 13.8. The van der Waals surface area contributed by atoms with Gasteiger partial charge >= 0.3 is 12.1 Å². The van der Waals surface area contributed by atoms with Crippen LogP contribution in [0.2, 0.25) is 0 Å². The molecule has 8 heteroatoms. The van der Waals surface area contributed by atoms with E-state index in [1.54, 1.807) is 0 Å². The Morgan fingerprint density at radius 1 is 0.842 bits per heavy atom. The van der Waals surface area contributed by atoms with Gasteiger partial charge in [-0.25, -0.2) is 8.42 Å². The van der Waals surface area contributed by atoms with Gasteiger partial charge in [0.05, 0.1) is 11.5 Å². The van der Waals surface area contributed by atoms with Crippen molar-refractivity contribution in [3.05, 3.63) is 0 Å². The van der Waals surface area contributed by atoms with Gasteiger partial charge in [0.25, 0.3) is 0 Å². The molecule has 0 atom stereocenters. The summed E-state index contributed by atoms with van der Waals surface area (Å²) in [6.45, 7) is 1.95. The quantitative estimate of drug-likeness (QED) is 0.477. The summed E-state index contributed by atoms with van der Waals surface area (Å²) in [7, 11) is -3.53. The Morgan fingerprint density at radius 2 is 1.37 bits per heavy atom.